The van der Waals surface area contributed by atoms with E-state index in [4.69, 9.17) is 30.8 Å². The largest absolute Gasteiger partial charge is 0.508 e. The summed E-state index contributed by atoms with van der Waals surface area (Å²) in [6.45, 7) is 6.48. The number of rotatable bonds is 3. The molecule has 0 spiro atoms. The molecule has 0 aliphatic carbocycles. The van der Waals surface area contributed by atoms with Gasteiger partial charge in [0, 0.05) is 29.9 Å². The van der Waals surface area contributed by atoms with Crippen molar-refractivity contribution in [3.63, 3.8) is 0 Å². The summed E-state index contributed by atoms with van der Waals surface area (Å²) in [6, 6.07) is 25.6. The Hall–Kier alpha value is -3.09. The first-order valence-corrected chi connectivity index (χ1v) is 14.7. The van der Waals surface area contributed by atoms with Gasteiger partial charge in [0.2, 0.25) is 0 Å². The van der Waals surface area contributed by atoms with Crippen LogP contribution in [0.15, 0.2) is 84.9 Å². The van der Waals surface area contributed by atoms with Crippen LogP contribution in [0.1, 0.15) is 44.2 Å². The van der Waals surface area contributed by atoms with E-state index in [0.717, 1.165) is 24.3 Å². The summed E-state index contributed by atoms with van der Waals surface area (Å²) >= 11 is 9.25. The van der Waals surface area contributed by atoms with Crippen molar-refractivity contribution in [1.82, 2.24) is 5.32 Å². The molecule has 1 heterocycles. The number of phenolic OH excluding ortho intramolecular Hbond substituents is 1. The summed E-state index contributed by atoms with van der Waals surface area (Å²) in [6.07, 6.45) is 3.77. The van der Waals surface area contributed by atoms with Crippen LogP contribution in [0.4, 0.5) is 5.69 Å². The maximum absolute atomic E-state index is 9.20. The predicted octanol–water partition coefficient (Wildman–Crippen LogP) is 5.56. The van der Waals surface area contributed by atoms with Crippen molar-refractivity contribution >= 4 is 51.1 Å². The van der Waals surface area contributed by atoms with Crippen LogP contribution in [-0.2, 0) is 10.9 Å². The summed E-state index contributed by atoms with van der Waals surface area (Å²) in [5, 5.41) is 33.3. The Balaban J connectivity index is 0. The van der Waals surface area contributed by atoms with E-state index in [-0.39, 0.29) is 10.1 Å². The van der Waals surface area contributed by atoms with Crippen molar-refractivity contribution in [3.05, 3.63) is 96.1 Å². The fourth-order valence-electron chi connectivity index (χ4n) is 2.82. The lowest BCUT2D eigenvalue weighted by molar-refractivity contribution is 0.475. The number of hydrogen-bond acceptors (Lipinski definition) is 7. The second-order valence-corrected chi connectivity index (χ2v) is 9.39. The van der Waals surface area contributed by atoms with E-state index in [9.17, 15) is 5.11 Å². The Bertz CT molecular complexity index is 1120. The highest BCUT2D eigenvalue weighted by Crippen LogP contribution is 2.21. The van der Waals surface area contributed by atoms with Crippen molar-refractivity contribution in [2.75, 3.05) is 32.1 Å². The highest BCUT2D eigenvalue weighted by atomic mass is 32.2. The number of thiol groups is 1. The third-order valence-corrected chi connectivity index (χ3v) is 4.81. The molecule has 0 radical (unpaired) electrons. The van der Waals surface area contributed by atoms with E-state index < -0.39 is 10.9 Å². The molecule has 0 atom stereocenters. The number of aromatic hydroxyl groups is 1. The maximum atomic E-state index is 9.20. The summed E-state index contributed by atoms with van der Waals surface area (Å²) in [7, 11) is 1.13. The van der Waals surface area contributed by atoms with Crippen LogP contribution in [0, 0.1) is 0 Å². The number of hydrogen-bond donors (Lipinski definition) is 6. The summed E-state index contributed by atoms with van der Waals surface area (Å²) in [5.41, 5.74) is 2.60. The zero-order chi connectivity index (χ0) is 30.8. The van der Waals surface area contributed by atoms with Gasteiger partial charge in [0.15, 0.2) is 21.0 Å². The topological polar surface area (TPSA) is 136 Å². The fraction of sp³-hybridized carbons (Fsp3) is 0.310. The van der Waals surface area contributed by atoms with Gasteiger partial charge in [0.25, 0.3) is 0 Å². The van der Waals surface area contributed by atoms with Crippen molar-refractivity contribution in [1.29, 1.82) is 0 Å². The predicted molar refractivity (Wildman–Crippen MR) is 177 cm³/mol. The van der Waals surface area contributed by atoms with Gasteiger partial charge in [-0.05, 0) is 75.6 Å². The molecule has 3 aromatic carbocycles. The summed E-state index contributed by atoms with van der Waals surface area (Å²) < 4.78 is 17.6. The van der Waals surface area contributed by atoms with Crippen LogP contribution in [0.2, 0.25) is 0 Å². The third-order valence-electron chi connectivity index (χ3n) is 4.34. The van der Waals surface area contributed by atoms with E-state index in [1.807, 2.05) is 56.6 Å². The third kappa shape index (κ3) is 22.9. The van der Waals surface area contributed by atoms with E-state index in [0.29, 0.717) is 11.3 Å². The Labute approximate surface area is 251 Å². The van der Waals surface area contributed by atoms with Gasteiger partial charge in [-0.3, -0.25) is 0 Å². The zero-order valence-corrected chi connectivity index (χ0v) is 26.1. The molecule has 40 heavy (non-hydrogen) atoms. The highest BCUT2D eigenvalue weighted by molar-refractivity contribution is 7.80. The number of nitrogens with zero attached hydrogens (tertiary/aromatic N) is 1. The summed E-state index contributed by atoms with van der Waals surface area (Å²) in [4.78, 5) is 2.32. The molecule has 0 unspecified atom stereocenters. The number of aliphatic hydroxyl groups is 2. The molecule has 0 aromatic heterocycles. The number of phenols is 1. The van der Waals surface area contributed by atoms with Gasteiger partial charge >= 0.3 is 0 Å². The van der Waals surface area contributed by atoms with Crippen LogP contribution in [0.25, 0.3) is 0 Å². The Morgan fingerprint density at radius 3 is 1.52 bits per heavy atom. The van der Waals surface area contributed by atoms with Crippen molar-refractivity contribution in [3.8, 4) is 5.75 Å². The Kier molecular flexibility index (Phi) is 25.5. The Morgan fingerprint density at radius 1 is 0.825 bits per heavy atom. The Morgan fingerprint density at radius 2 is 1.20 bits per heavy atom. The summed E-state index contributed by atoms with van der Waals surface area (Å²) in [5.74, 6) is 0.322. The van der Waals surface area contributed by atoms with Crippen molar-refractivity contribution in [2.45, 2.75) is 33.1 Å². The number of anilines is 1. The number of nitrogens with one attached hydrogen (secondary N) is 1. The van der Waals surface area contributed by atoms with Crippen LogP contribution in [0.3, 0.4) is 0 Å². The first-order chi connectivity index (χ1) is 19.0. The molecule has 11 heteroatoms. The molecule has 0 saturated carbocycles. The van der Waals surface area contributed by atoms with Gasteiger partial charge in [-0.25, -0.2) is 13.6 Å². The van der Waals surface area contributed by atoms with Gasteiger partial charge in [0.05, 0.1) is 0 Å². The molecule has 1 aliphatic heterocycles. The standard InChI is InChI=1S/C11H13NOS.C7H6OS.C6H6O.C3H8.C2H7N.H3NO2S/c13-11(14)9-4-3-5-10(8-9)12-6-1-2-7-12;8-7(9)6-4-2-1-3-5-6;7-6-4-2-1-3-5-6;2*1-3-2;1-4(2)3/h3-5,8H,1-2,6-7H2,(H,13,14);1-5H,(H,8,9);1-5,7H;3H2,1-2H3;3H,1-2H3;4H,(H2,1,2,3). The van der Waals surface area contributed by atoms with Crippen molar-refractivity contribution in [2.24, 2.45) is 5.14 Å². The minimum absolute atomic E-state index is 0.0222. The van der Waals surface area contributed by atoms with Gasteiger partial charge in [-0.15, -0.1) is 0 Å². The van der Waals surface area contributed by atoms with Gasteiger partial charge in [-0.2, -0.15) is 0 Å². The molecular weight excluding hydrogens is 567 g/mol. The lowest BCUT2D eigenvalue weighted by atomic mass is 10.2. The lowest BCUT2D eigenvalue weighted by Crippen LogP contribution is -2.17. The molecule has 3 aromatic rings. The molecule has 1 saturated heterocycles. The second kappa shape index (κ2) is 26.1. The first kappa shape index (κ1) is 39.1. The molecule has 1 fully saturated rings. The van der Waals surface area contributed by atoms with E-state index in [2.05, 4.69) is 47.5 Å². The van der Waals surface area contributed by atoms with Gasteiger partial charge in [-0.1, -0.05) is 80.9 Å². The monoisotopic (exact) mass is 609 g/mol. The number of nitrogens with two attached hydrogens (primary N) is 1. The molecule has 1 aliphatic rings. The normalized spacial score (nSPS) is 10.8. The SMILES string of the molecule is CCC.CNC.N[SH](=O)=O.OC(=S)c1cccc(N2CCCC2)c1.OC(=S)c1ccccc1.Oc1ccccc1. The second-order valence-electron chi connectivity index (χ2n) is 8.05. The molecule has 222 valence electrons. The van der Waals surface area contributed by atoms with Gasteiger partial charge in [0.1, 0.15) is 5.75 Å². The van der Waals surface area contributed by atoms with Crippen LogP contribution < -0.4 is 15.4 Å². The van der Waals surface area contributed by atoms with E-state index >= 15 is 0 Å². The minimum atomic E-state index is -2.62. The zero-order valence-electron chi connectivity index (χ0n) is 23.6. The number of aliphatic hydroxyl groups excluding tert-OH is 2. The van der Waals surface area contributed by atoms with Crippen molar-refractivity contribution < 1.29 is 23.7 Å². The quantitative estimate of drug-likeness (QED) is 0.167. The molecule has 4 rings (SSSR count). The number of thiocarbonyl (C=S) groups is 2. The smallest absolute Gasteiger partial charge is 0.198 e. The first-order valence-electron chi connectivity index (χ1n) is 12.6. The van der Waals surface area contributed by atoms with E-state index in [1.165, 1.54) is 19.3 Å². The van der Waals surface area contributed by atoms with Gasteiger partial charge < -0.3 is 25.5 Å². The maximum Gasteiger partial charge on any atom is 0.198 e. The molecule has 0 bridgehead atoms. The van der Waals surface area contributed by atoms with Crippen LogP contribution in [0.5, 0.6) is 5.75 Å². The average molecular weight is 610 g/mol. The van der Waals surface area contributed by atoms with Crippen LogP contribution >= 0.6 is 24.4 Å². The van der Waals surface area contributed by atoms with E-state index in [1.54, 1.807) is 36.4 Å². The number of benzene rings is 3. The minimum Gasteiger partial charge on any atom is -0.508 e. The lowest BCUT2D eigenvalue weighted by Gasteiger charge is -2.17. The highest BCUT2D eigenvalue weighted by Gasteiger charge is 2.12. The molecule has 8 nitrogen and oxygen atoms in total. The average Bonchev–Trinajstić information content (AvgIpc) is 3.46. The molecule has 0 amide bonds. The molecular formula is C29H43N3O5S3. The van der Waals surface area contributed by atoms with Crippen LogP contribution in [-0.4, -0.2) is 61.0 Å². The number of para-hydroxylation sites is 1. The molecule has 6 N–H and O–H groups in total. The fourth-order valence-corrected chi connectivity index (χ4v) is 3.08.